The van der Waals surface area contributed by atoms with Gasteiger partial charge in [0.25, 0.3) is 0 Å². The van der Waals surface area contributed by atoms with E-state index < -0.39 is 0 Å². The third kappa shape index (κ3) is 13.6. The first-order valence-corrected chi connectivity index (χ1v) is 3.36. The van der Waals surface area contributed by atoms with E-state index in [2.05, 4.69) is 17.5 Å². The molecule has 1 atom stereocenters. The Bertz CT molecular complexity index is 102. The van der Waals surface area contributed by atoms with E-state index in [0.29, 0.717) is 11.7 Å². The van der Waals surface area contributed by atoms with E-state index in [1.165, 1.54) is 0 Å². The van der Waals surface area contributed by atoms with Crippen LogP contribution in [-0.2, 0) is 0 Å². The minimum absolute atomic E-state index is 0. The molecule has 0 aromatic carbocycles. The number of nitrogens with two attached hydrogens (primary N) is 2. The molecule has 11 heavy (non-hydrogen) atoms. The Morgan fingerprint density at radius 3 is 2.27 bits per heavy atom. The molecular weight excluding hydrogens is 294 g/mol. The lowest BCUT2D eigenvalue weighted by atomic mass is 10.2. The van der Waals surface area contributed by atoms with E-state index in [1.807, 2.05) is 6.92 Å². The number of thiocarbonyl (C=S) groups is 1. The summed E-state index contributed by atoms with van der Waals surface area (Å²) in [4.78, 5) is 0. The lowest BCUT2D eigenvalue weighted by Crippen LogP contribution is -2.39. The van der Waals surface area contributed by atoms with E-state index in [9.17, 15) is 0 Å². The summed E-state index contributed by atoms with van der Waals surface area (Å²) in [6, 6.07) is 0.159. The van der Waals surface area contributed by atoms with Crippen LogP contribution in [0.1, 0.15) is 13.3 Å². The molecule has 0 aliphatic carbocycles. The lowest BCUT2D eigenvalue weighted by molar-refractivity contribution is 0.629. The maximum atomic E-state index is 5.54. The minimum atomic E-state index is 0. The molecule has 0 spiro atoms. The van der Waals surface area contributed by atoms with Gasteiger partial charge in [-0.25, -0.2) is 0 Å². The SMILES string of the molecule is Br.Br.CCC(N)CNC(N)=S. The fraction of sp³-hybridized carbons (Fsp3) is 0.800. The standard InChI is InChI=1S/C5H13N3S.2BrH/c1-2-4(6)3-8-5(7)9;;/h4H,2-3,6H2,1H3,(H3,7,8,9);2*1H. The van der Waals surface area contributed by atoms with Gasteiger partial charge in [-0.3, -0.25) is 0 Å². The predicted octanol–water partition coefficient (Wildman–Crippen LogP) is 0.713. The molecule has 0 saturated heterocycles. The quantitative estimate of drug-likeness (QED) is 0.672. The first kappa shape index (κ1) is 17.6. The van der Waals surface area contributed by atoms with Gasteiger partial charge in [-0.1, -0.05) is 6.92 Å². The largest absolute Gasteiger partial charge is 0.376 e. The van der Waals surface area contributed by atoms with Crippen LogP contribution in [0.4, 0.5) is 0 Å². The maximum absolute atomic E-state index is 5.54. The fourth-order valence-corrected chi connectivity index (χ4v) is 0.459. The first-order chi connectivity index (χ1) is 4.16. The highest BCUT2D eigenvalue weighted by atomic mass is 79.9. The Morgan fingerprint density at radius 1 is 1.55 bits per heavy atom. The molecule has 0 bridgehead atoms. The van der Waals surface area contributed by atoms with E-state index in [1.54, 1.807) is 0 Å². The first-order valence-electron chi connectivity index (χ1n) is 2.95. The number of hydrogen-bond donors (Lipinski definition) is 3. The van der Waals surface area contributed by atoms with Crippen LogP contribution in [-0.4, -0.2) is 17.7 Å². The molecule has 0 aromatic rings. The third-order valence-electron chi connectivity index (χ3n) is 1.06. The van der Waals surface area contributed by atoms with Crippen molar-refractivity contribution in [3.8, 4) is 0 Å². The van der Waals surface area contributed by atoms with Crippen LogP contribution in [0.2, 0.25) is 0 Å². The van der Waals surface area contributed by atoms with Gasteiger partial charge in [0.1, 0.15) is 0 Å². The summed E-state index contributed by atoms with van der Waals surface area (Å²) in [5, 5.41) is 3.10. The Hall–Kier alpha value is 0.610. The highest BCUT2D eigenvalue weighted by Gasteiger charge is 1.96. The van der Waals surface area contributed by atoms with Gasteiger partial charge in [0, 0.05) is 12.6 Å². The molecule has 0 amide bonds. The molecule has 6 heteroatoms. The molecule has 0 aromatic heterocycles. The highest BCUT2D eigenvalue weighted by molar-refractivity contribution is 8.93. The molecule has 0 rings (SSSR count). The number of nitrogens with one attached hydrogen (secondary N) is 1. The van der Waals surface area contributed by atoms with Crippen molar-refractivity contribution < 1.29 is 0 Å². The Balaban J connectivity index is -0.000000320. The average molecular weight is 309 g/mol. The molecule has 0 fully saturated rings. The lowest BCUT2D eigenvalue weighted by Gasteiger charge is -2.08. The zero-order valence-electron chi connectivity index (χ0n) is 6.37. The van der Waals surface area contributed by atoms with Crippen molar-refractivity contribution in [1.29, 1.82) is 0 Å². The molecule has 0 radical (unpaired) electrons. The highest BCUT2D eigenvalue weighted by Crippen LogP contribution is 1.80. The van der Waals surface area contributed by atoms with Crippen molar-refractivity contribution in [1.82, 2.24) is 5.32 Å². The van der Waals surface area contributed by atoms with E-state index in [-0.39, 0.29) is 40.0 Å². The van der Waals surface area contributed by atoms with Crippen LogP contribution >= 0.6 is 46.2 Å². The van der Waals surface area contributed by atoms with Crippen molar-refractivity contribution >= 4 is 51.3 Å². The van der Waals surface area contributed by atoms with Crippen molar-refractivity contribution in [2.75, 3.05) is 6.54 Å². The van der Waals surface area contributed by atoms with Gasteiger partial charge in [0.05, 0.1) is 0 Å². The van der Waals surface area contributed by atoms with Gasteiger partial charge in [-0.15, -0.1) is 34.0 Å². The molecule has 5 N–H and O–H groups in total. The summed E-state index contributed by atoms with van der Waals surface area (Å²) in [5.74, 6) is 0. The van der Waals surface area contributed by atoms with E-state index >= 15 is 0 Å². The molecule has 0 saturated carbocycles. The second-order valence-corrected chi connectivity index (χ2v) is 2.35. The van der Waals surface area contributed by atoms with Crippen LogP contribution in [0.15, 0.2) is 0 Å². The van der Waals surface area contributed by atoms with Gasteiger partial charge in [0.2, 0.25) is 0 Å². The normalized spacial score (nSPS) is 10.4. The second-order valence-electron chi connectivity index (χ2n) is 1.91. The van der Waals surface area contributed by atoms with Crippen LogP contribution in [0.3, 0.4) is 0 Å². The predicted molar refractivity (Wildman–Crippen MR) is 63.7 cm³/mol. The molecule has 0 aliphatic heterocycles. The van der Waals surface area contributed by atoms with Crippen LogP contribution in [0.5, 0.6) is 0 Å². The Labute approximate surface area is 93.8 Å². The summed E-state index contributed by atoms with van der Waals surface area (Å²) in [5.41, 5.74) is 10.7. The summed E-state index contributed by atoms with van der Waals surface area (Å²) in [6.07, 6.45) is 0.940. The zero-order valence-corrected chi connectivity index (χ0v) is 10.6. The monoisotopic (exact) mass is 307 g/mol. The minimum Gasteiger partial charge on any atom is -0.376 e. The zero-order chi connectivity index (χ0) is 7.28. The third-order valence-corrected chi connectivity index (χ3v) is 1.21. The average Bonchev–Trinajstić information content (AvgIpc) is 1.83. The van der Waals surface area contributed by atoms with Crippen molar-refractivity contribution in [2.45, 2.75) is 19.4 Å². The van der Waals surface area contributed by atoms with Crippen LogP contribution in [0.25, 0.3) is 0 Å². The molecule has 0 aliphatic rings. The number of halogens is 2. The van der Waals surface area contributed by atoms with Crippen molar-refractivity contribution in [3.05, 3.63) is 0 Å². The van der Waals surface area contributed by atoms with Crippen LogP contribution in [0, 0.1) is 0 Å². The molecule has 1 unspecified atom stereocenters. The number of hydrogen-bond acceptors (Lipinski definition) is 2. The van der Waals surface area contributed by atoms with E-state index in [0.717, 1.165) is 6.42 Å². The summed E-state index contributed by atoms with van der Waals surface area (Å²) in [7, 11) is 0. The van der Waals surface area contributed by atoms with Crippen LogP contribution < -0.4 is 16.8 Å². The Morgan fingerprint density at radius 2 is 2.00 bits per heavy atom. The van der Waals surface area contributed by atoms with E-state index in [4.69, 9.17) is 11.5 Å². The topological polar surface area (TPSA) is 64.1 Å². The smallest absolute Gasteiger partial charge is 0.163 e. The van der Waals surface area contributed by atoms with Gasteiger partial charge in [-0.05, 0) is 18.6 Å². The molecule has 70 valence electrons. The maximum Gasteiger partial charge on any atom is 0.163 e. The Kier molecular flexibility index (Phi) is 17.0. The number of rotatable bonds is 3. The molecular formula is C5H15Br2N3S. The summed E-state index contributed by atoms with van der Waals surface area (Å²) >= 11 is 4.57. The van der Waals surface area contributed by atoms with Gasteiger partial charge >= 0.3 is 0 Å². The van der Waals surface area contributed by atoms with Crippen molar-refractivity contribution in [3.63, 3.8) is 0 Å². The second kappa shape index (κ2) is 10.6. The van der Waals surface area contributed by atoms with Gasteiger partial charge in [-0.2, -0.15) is 0 Å². The van der Waals surface area contributed by atoms with Crippen molar-refractivity contribution in [2.24, 2.45) is 11.5 Å². The molecule has 0 heterocycles. The van der Waals surface area contributed by atoms with Gasteiger partial charge < -0.3 is 16.8 Å². The fourth-order valence-electron chi connectivity index (χ4n) is 0.376. The molecule has 3 nitrogen and oxygen atoms in total. The summed E-state index contributed by atoms with van der Waals surface area (Å²) < 4.78 is 0. The summed E-state index contributed by atoms with van der Waals surface area (Å²) in [6.45, 7) is 2.69. The van der Waals surface area contributed by atoms with Gasteiger partial charge in [0.15, 0.2) is 5.11 Å².